The maximum atomic E-state index is 10.6. The SMILES string of the molecule is C=CC1CCCOC(=O)O1. The predicted molar refractivity (Wildman–Crippen MR) is 35.7 cm³/mol. The van der Waals surface area contributed by atoms with E-state index in [2.05, 4.69) is 11.3 Å². The highest BCUT2D eigenvalue weighted by atomic mass is 16.7. The number of hydrogen-bond acceptors (Lipinski definition) is 3. The van der Waals surface area contributed by atoms with Crippen LogP contribution in [0.1, 0.15) is 12.8 Å². The Bertz CT molecular complexity index is 142. The Hall–Kier alpha value is -0.990. The summed E-state index contributed by atoms with van der Waals surface area (Å²) in [6.07, 6.45) is 2.54. The maximum Gasteiger partial charge on any atom is 0.508 e. The Labute approximate surface area is 59.6 Å². The van der Waals surface area contributed by atoms with Crippen LogP contribution in [-0.2, 0) is 9.47 Å². The summed E-state index contributed by atoms with van der Waals surface area (Å²) >= 11 is 0. The second kappa shape index (κ2) is 3.25. The molecule has 0 bridgehead atoms. The third-order valence-electron chi connectivity index (χ3n) is 1.36. The van der Waals surface area contributed by atoms with Gasteiger partial charge < -0.3 is 9.47 Å². The molecule has 1 saturated heterocycles. The van der Waals surface area contributed by atoms with Gasteiger partial charge in [-0.05, 0) is 12.8 Å². The Morgan fingerprint density at radius 3 is 3.20 bits per heavy atom. The Morgan fingerprint density at radius 1 is 1.70 bits per heavy atom. The van der Waals surface area contributed by atoms with Gasteiger partial charge in [0.25, 0.3) is 0 Å². The van der Waals surface area contributed by atoms with E-state index >= 15 is 0 Å². The van der Waals surface area contributed by atoms with Crippen molar-refractivity contribution in [2.45, 2.75) is 18.9 Å². The lowest BCUT2D eigenvalue weighted by atomic mass is 10.2. The van der Waals surface area contributed by atoms with Crippen LogP contribution in [0.2, 0.25) is 0 Å². The summed E-state index contributed by atoms with van der Waals surface area (Å²) < 4.78 is 9.41. The second-order valence-electron chi connectivity index (χ2n) is 2.13. The van der Waals surface area contributed by atoms with Gasteiger partial charge >= 0.3 is 6.16 Å². The average molecular weight is 142 g/mol. The first-order valence-corrected chi connectivity index (χ1v) is 3.29. The molecule has 1 aliphatic rings. The first kappa shape index (κ1) is 7.12. The highest BCUT2D eigenvalue weighted by Crippen LogP contribution is 2.09. The van der Waals surface area contributed by atoms with Crippen LogP contribution in [0, 0.1) is 0 Å². The zero-order valence-electron chi connectivity index (χ0n) is 5.71. The minimum absolute atomic E-state index is 0.157. The molecule has 0 radical (unpaired) electrons. The number of carbonyl (C=O) groups excluding carboxylic acids is 1. The van der Waals surface area contributed by atoms with E-state index in [-0.39, 0.29) is 6.10 Å². The van der Waals surface area contributed by atoms with Gasteiger partial charge in [-0.3, -0.25) is 0 Å². The molecule has 0 aromatic heterocycles. The van der Waals surface area contributed by atoms with Crippen molar-refractivity contribution in [3.05, 3.63) is 12.7 Å². The van der Waals surface area contributed by atoms with E-state index < -0.39 is 6.16 Å². The van der Waals surface area contributed by atoms with Crippen LogP contribution in [0.4, 0.5) is 4.79 Å². The first-order valence-electron chi connectivity index (χ1n) is 3.29. The first-order chi connectivity index (χ1) is 4.83. The minimum Gasteiger partial charge on any atom is -0.434 e. The third-order valence-corrected chi connectivity index (χ3v) is 1.36. The van der Waals surface area contributed by atoms with Crippen LogP contribution in [-0.4, -0.2) is 18.9 Å². The molecule has 1 unspecified atom stereocenters. The van der Waals surface area contributed by atoms with Gasteiger partial charge in [-0.25, -0.2) is 4.79 Å². The zero-order valence-corrected chi connectivity index (χ0v) is 5.71. The Kier molecular flexibility index (Phi) is 2.31. The molecular formula is C7H10O3. The van der Waals surface area contributed by atoms with E-state index in [1.165, 1.54) is 0 Å². The number of ether oxygens (including phenoxy) is 2. The van der Waals surface area contributed by atoms with Crippen LogP contribution in [0.5, 0.6) is 0 Å². The van der Waals surface area contributed by atoms with Crippen molar-refractivity contribution in [1.82, 2.24) is 0 Å². The molecule has 1 heterocycles. The third kappa shape index (κ3) is 1.76. The van der Waals surface area contributed by atoms with Crippen LogP contribution >= 0.6 is 0 Å². The molecular weight excluding hydrogens is 132 g/mol. The summed E-state index contributed by atoms with van der Waals surface area (Å²) in [5.41, 5.74) is 0. The van der Waals surface area contributed by atoms with Crippen molar-refractivity contribution < 1.29 is 14.3 Å². The van der Waals surface area contributed by atoms with Crippen molar-refractivity contribution in [2.24, 2.45) is 0 Å². The van der Waals surface area contributed by atoms with Gasteiger partial charge in [-0.1, -0.05) is 12.7 Å². The van der Waals surface area contributed by atoms with Gasteiger partial charge in [-0.15, -0.1) is 0 Å². The van der Waals surface area contributed by atoms with Crippen LogP contribution in [0.3, 0.4) is 0 Å². The fourth-order valence-corrected chi connectivity index (χ4v) is 0.823. The van der Waals surface area contributed by atoms with E-state index in [4.69, 9.17) is 4.74 Å². The largest absolute Gasteiger partial charge is 0.508 e. The zero-order chi connectivity index (χ0) is 7.40. The quantitative estimate of drug-likeness (QED) is 0.411. The molecule has 0 aromatic carbocycles. The topological polar surface area (TPSA) is 35.5 Å². The van der Waals surface area contributed by atoms with E-state index in [0.29, 0.717) is 6.61 Å². The van der Waals surface area contributed by atoms with E-state index in [1.54, 1.807) is 6.08 Å². The second-order valence-corrected chi connectivity index (χ2v) is 2.13. The molecule has 0 aliphatic carbocycles. The number of cyclic esters (lactones) is 2. The molecule has 1 rings (SSSR count). The Morgan fingerprint density at radius 2 is 2.50 bits per heavy atom. The molecule has 10 heavy (non-hydrogen) atoms. The highest BCUT2D eigenvalue weighted by Gasteiger charge is 2.15. The van der Waals surface area contributed by atoms with E-state index in [1.807, 2.05) is 0 Å². The summed E-state index contributed by atoms with van der Waals surface area (Å²) in [4.78, 5) is 10.6. The molecule has 0 saturated carbocycles. The van der Waals surface area contributed by atoms with Crippen LogP contribution < -0.4 is 0 Å². The lowest BCUT2D eigenvalue weighted by Crippen LogP contribution is -2.11. The molecule has 0 N–H and O–H groups in total. The van der Waals surface area contributed by atoms with Crippen LogP contribution in [0.25, 0.3) is 0 Å². The van der Waals surface area contributed by atoms with Crippen molar-refractivity contribution in [2.75, 3.05) is 6.61 Å². The highest BCUT2D eigenvalue weighted by molar-refractivity contribution is 5.60. The summed E-state index contributed by atoms with van der Waals surface area (Å²) in [6, 6.07) is 0. The summed E-state index contributed by atoms with van der Waals surface area (Å²) in [5.74, 6) is 0. The van der Waals surface area contributed by atoms with Gasteiger partial charge in [0.1, 0.15) is 6.10 Å². The monoisotopic (exact) mass is 142 g/mol. The molecule has 1 aliphatic heterocycles. The van der Waals surface area contributed by atoms with Gasteiger partial charge in [-0.2, -0.15) is 0 Å². The normalized spacial score (nSPS) is 26.0. The van der Waals surface area contributed by atoms with Crippen molar-refractivity contribution in [1.29, 1.82) is 0 Å². The fourth-order valence-electron chi connectivity index (χ4n) is 0.823. The predicted octanol–water partition coefficient (Wildman–Crippen LogP) is 1.49. The lowest BCUT2D eigenvalue weighted by Gasteiger charge is -2.06. The average Bonchev–Trinajstić information content (AvgIpc) is 2.13. The van der Waals surface area contributed by atoms with Gasteiger partial charge in [0.2, 0.25) is 0 Å². The van der Waals surface area contributed by atoms with Crippen molar-refractivity contribution in [3.8, 4) is 0 Å². The number of rotatable bonds is 1. The summed E-state index contributed by atoms with van der Waals surface area (Å²) in [7, 11) is 0. The number of hydrogen-bond donors (Lipinski definition) is 0. The smallest absolute Gasteiger partial charge is 0.434 e. The minimum atomic E-state index is -0.581. The lowest BCUT2D eigenvalue weighted by molar-refractivity contribution is 0.0564. The molecule has 0 amide bonds. The standard InChI is InChI=1S/C7H10O3/c1-2-6-4-3-5-9-7(8)10-6/h2,6H,1,3-5H2. The molecule has 0 spiro atoms. The fraction of sp³-hybridized carbons (Fsp3) is 0.571. The van der Waals surface area contributed by atoms with E-state index in [0.717, 1.165) is 12.8 Å². The molecule has 3 heteroatoms. The molecule has 1 atom stereocenters. The van der Waals surface area contributed by atoms with Gasteiger partial charge in [0, 0.05) is 0 Å². The summed E-state index contributed by atoms with van der Waals surface area (Å²) in [6.45, 7) is 3.99. The van der Waals surface area contributed by atoms with Crippen molar-refractivity contribution >= 4 is 6.16 Å². The van der Waals surface area contributed by atoms with Crippen molar-refractivity contribution in [3.63, 3.8) is 0 Å². The molecule has 1 fully saturated rings. The molecule has 3 nitrogen and oxygen atoms in total. The maximum absolute atomic E-state index is 10.6. The van der Waals surface area contributed by atoms with Gasteiger partial charge in [0.15, 0.2) is 0 Å². The molecule has 0 aromatic rings. The van der Waals surface area contributed by atoms with E-state index in [9.17, 15) is 4.79 Å². The molecule has 56 valence electrons. The number of carbonyl (C=O) groups is 1. The van der Waals surface area contributed by atoms with Gasteiger partial charge in [0.05, 0.1) is 6.61 Å². The van der Waals surface area contributed by atoms with Crippen LogP contribution in [0.15, 0.2) is 12.7 Å². The summed E-state index contributed by atoms with van der Waals surface area (Å²) in [5, 5.41) is 0. The Balaban J connectivity index is 2.45.